The van der Waals surface area contributed by atoms with Crippen molar-refractivity contribution in [3.05, 3.63) is 59.7 Å². The van der Waals surface area contributed by atoms with E-state index in [0.29, 0.717) is 11.3 Å². The van der Waals surface area contributed by atoms with E-state index in [1.165, 1.54) is 18.2 Å². The summed E-state index contributed by atoms with van der Waals surface area (Å²) < 4.78 is 41.4. The van der Waals surface area contributed by atoms with Crippen LogP contribution in [0, 0.1) is 0 Å². The Morgan fingerprint density at radius 3 is 2.62 bits per heavy atom. The molecule has 3 rings (SSSR count). The van der Waals surface area contributed by atoms with Crippen molar-refractivity contribution in [1.82, 2.24) is 5.32 Å². The Hall–Kier alpha value is -3.03. The molecule has 136 valence electrons. The highest BCUT2D eigenvalue weighted by atomic mass is 19.4. The van der Waals surface area contributed by atoms with Crippen LogP contribution in [0.5, 0.6) is 5.75 Å². The van der Waals surface area contributed by atoms with Crippen LogP contribution in [0.4, 0.5) is 18.9 Å². The number of benzene rings is 2. The van der Waals surface area contributed by atoms with E-state index in [4.69, 9.17) is 0 Å². The van der Waals surface area contributed by atoms with E-state index in [1.54, 1.807) is 30.3 Å². The Morgan fingerprint density at radius 1 is 1.15 bits per heavy atom. The Balaban J connectivity index is 1.73. The fourth-order valence-electron chi connectivity index (χ4n) is 2.82. The van der Waals surface area contributed by atoms with Crippen LogP contribution in [0.2, 0.25) is 0 Å². The van der Waals surface area contributed by atoms with Crippen LogP contribution in [0.1, 0.15) is 23.5 Å². The first-order valence-corrected chi connectivity index (χ1v) is 7.83. The maximum absolute atomic E-state index is 12.5. The lowest BCUT2D eigenvalue weighted by Gasteiger charge is -2.25. The zero-order valence-electron chi connectivity index (χ0n) is 13.5. The van der Waals surface area contributed by atoms with Gasteiger partial charge in [0, 0.05) is 24.2 Å². The summed E-state index contributed by atoms with van der Waals surface area (Å²) in [5, 5.41) is 5.28. The minimum Gasteiger partial charge on any atom is -0.405 e. The van der Waals surface area contributed by atoms with Gasteiger partial charge < -0.3 is 15.4 Å². The van der Waals surface area contributed by atoms with Gasteiger partial charge in [-0.05, 0) is 17.7 Å². The molecule has 0 aromatic heterocycles. The zero-order valence-corrected chi connectivity index (χ0v) is 13.5. The van der Waals surface area contributed by atoms with Crippen molar-refractivity contribution >= 4 is 17.5 Å². The van der Waals surface area contributed by atoms with Crippen molar-refractivity contribution in [2.45, 2.75) is 25.2 Å². The number of hydrogen-bond donors (Lipinski definition) is 2. The normalized spacial score (nSPS) is 16.4. The minimum atomic E-state index is -4.82. The van der Waals surface area contributed by atoms with E-state index in [9.17, 15) is 22.8 Å². The van der Waals surface area contributed by atoms with E-state index in [-0.39, 0.29) is 30.2 Å². The molecule has 0 spiro atoms. The highest BCUT2D eigenvalue weighted by molar-refractivity contribution is 6.01. The molecule has 0 bridgehead atoms. The molecule has 2 aromatic rings. The van der Waals surface area contributed by atoms with Gasteiger partial charge >= 0.3 is 6.36 Å². The number of para-hydroxylation sites is 2. The summed E-state index contributed by atoms with van der Waals surface area (Å²) in [6, 6.07) is 12.5. The lowest BCUT2D eigenvalue weighted by Crippen LogP contribution is -2.34. The molecule has 1 unspecified atom stereocenters. The minimum absolute atomic E-state index is 0.0243. The molecule has 2 aromatic carbocycles. The van der Waals surface area contributed by atoms with Gasteiger partial charge in [-0.3, -0.25) is 9.59 Å². The summed E-state index contributed by atoms with van der Waals surface area (Å²) in [5.41, 5.74) is 1.42. The highest BCUT2D eigenvalue weighted by Crippen LogP contribution is 2.32. The molecular weight excluding hydrogens is 349 g/mol. The predicted molar refractivity (Wildman–Crippen MR) is 87.4 cm³/mol. The van der Waals surface area contributed by atoms with Crippen molar-refractivity contribution in [3.63, 3.8) is 0 Å². The number of anilines is 1. The van der Waals surface area contributed by atoms with Crippen molar-refractivity contribution in [1.29, 1.82) is 0 Å². The molecule has 1 heterocycles. The molecular formula is C18H15F3N2O3. The lowest BCUT2D eigenvalue weighted by molar-refractivity contribution is -0.274. The number of rotatable bonds is 4. The molecule has 26 heavy (non-hydrogen) atoms. The maximum Gasteiger partial charge on any atom is 0.573 e. The monoisotopic (exact) mass is 364 g/mol. The van der Waals surface area contributed by atoms with Crippen LogP contribution < -0.4 is 15.4 Å². The number of amides is 2. The van der Waals surface area contributed by atoms with E-state index in [1.807, 2.05) is 0 Å². The van der Waals surface area contributed by atoms with Gasteiger partial charge in [0.15, 0.2) is 0 Å². The molecule has 0 saturated carbocycles. The fraction of sp³-hybridized carbons (Fsp3) is 0.222. The molecule has 1 atom stereocenters. The molecule has 1 aliphatic rings. The van der Waals surface area contributed by atoms with Gasteiger partial charge in [-0.15, -0.1) is 13.2 Å². The summed E-state index contributed by atoms with van der Waals surface area (Å²) in [6.45, 7) is -0.147. The van der Waals surface area contributed by atoms with Gasteiger partial charge in [0.05, 0.1) is 5.92 Å². The zero-order chi connectivity index (χ0) is 18.7. The third kappa shape index (κ3) is 4.14. The number of carbonyl (C=O) groups excluding carboxylic acids is 2. The fourth-order valence-corrected chi connectivity index (χ4v) is 2.82. The average molecular weight is 364 g/mol. The number of alkyl halides is 3. The third-order valence-electron chi connectivity index (χ3n) is 3.97. The number of ether oxygens (including phenoxy) is 1. The van der Waals surface area contributed by atoms with E-state index < -0.39 is 18.2 Å². The number of fused-ring (bicyclic) bond motifs is 1. The summed E-state index contributed by atoms with van der Waals surface area (Å²) >= 11 is 0. The highest BCUT2D eigenvalue weighted by Gasteiger charge is 2.33. The second-order valence-electron chi connectivity index (χ2n) is 5.77. The first-order chi connectivity index (χ1) is 12.3. The standard InChI is InChI=1S/C18H15F3N2O3/c19-18(20,21)26-15-8-4-1-5-11(15)10-22-17(25)13-9-16(24)23-14-7-3-2-6-12(13)14/h1-8,13H,9-10H2,(H,22,25)(H,23,24). The molecule has 8 heteroatoms. The topological polar surface area (TPSA) is 67.4 Å². The number of carbonyl (C=O) groups is 2. The van der Waals surface area contributed by atoms with Crippen LogP contribution in [-0.2, 0) is 16.1 Å². The summed E-state index contributed by atoms with van der Waals surface area (Å²) in [5.74, 6) is -1.79. The molecule has 5 nitrogen and oxygen atoms in total. The predicted octanol–water partition coefficient (Wildman–Crippen LogP) is 3.33. The van der Waals surface area contributed by atoms with Crippen molar-refractivity contribution in [2.24, 2.45) is 0 Å². The average Bonchev–Trinajstić information content (AvgIpc) is 2.58. The Morgan fingerprint density at radius 2 is 1.85 bits per heavy atom. The van der Waals surface area contributed by atoms with Gasteiger partial charge in [0.2, 0.25) is 11.8 Å². The first kappa shape index (κ1) is 17.8. The molecule has 0 fully saturated rings. The SMILES string of the molecule is O=C1CC(C(=O)NCc2ccccc2OC(F)(F)F)c2ccccc2N1. The van der Waals surface area contributed by atoms with Crippen LogP contribution in [-0.4, -0.2) is 18.2 Å². The quantitative estimate of drug-likeness (QED) is 0.875. The van der Waals surface area contributed by atoms with Crippen LogP contribution in [0.25, 0.3) is 0 Å². The summed E-state index contributed by atoms with van der Waals surface area (Å²) in [6.07, 6.45) is -4.84. The Kier molecular flexibility index (Phi) is 4.83. The second kappa shape index (κ2) is 7.07. The molecule has 1 aliphatic heterocycles. The second-order valence-corrected chi connectivity index (χ2v) is 5.77. The molecule has 0 aliphatic carbocycles. The smallest absolute Gasteiger partial charge is 0.405 e. The van der Waals surface area contributed by atoms with Crippen LogP contribution in [0.15, 0.2) is 48.5 Å². The van der Waals surface area contributed by atoms with Crippen molar-refractivity contribution in [3.8, 4) is 5.75 Å². The summed E-state index contributed by atoms with van der Waals surface area (Å²) in [7, 11) is 0. The number of hydrogen-bond acceptors (Lipinski definition) is 3. The Labute approximate surface area is 147 Å². The molecule has 2 N–H and O–H groups in total. The van der Waals surface area contributed by atoms with Gasteiger partial charge in [0.1, 0.15) is 5.75 Å². The molecule has 0 radical (unpaired) electrons. The van der Waals surface area contributed by atoms with Crippen LogP contribution in [0.3, 0.4) is 0 Å². The van der Waals surface area contributed by atoms with Crippen molar-refractivity contribution in [2.75, 3.05) is 5.32 Å². The van der Waals surface area contributed by atoms with E-state index >= 15 is 0 Å². The molecule has 2 amide bonds. The van der Waals surface area contributed by atoms with Crippen molar-refractivity contribution < 1.29 is 27.5 Å². The van der Waals surface area contributed by atoms with Gasteiger partial charge in [-0.25, -0.2) is 0 Å². The molecule has 0 saturated heterocycles. The third-order valence-corrected chi connectivity index (χ3v) is 3.97. The largest absolute Gasteiger partial charge is 0.573 e. The van der Waals surface area contributed by atoms with E-state index in [0.717, 1.165) is 0 Å². The van der Waals surface area contributed by atoms with Gasteiger partial charge in [-0.1, -0.05) is 36.4 Å². The van der Waals surface area contributed by atoms with Gasteiger partial charge in [-0.2, -0.15) is 0 Å². The summed E-state index contributed by atoms with van der Waals surface area (Å²) in [4.78, 5) is 24.3. The Bertz CT molecular complexity index is 836. The lowest BCUT2D eigenvalue weighted by atomic mass is 9.90. The van der Waals surface area contributed by atoms with Gasteiger partial charge in [0.25, 0.3) is 0 Å². The maximum atomic E-state index is 12.5. The number of nitrogens with one attached hydrogen (secondary N) is 2. The number of halogens is 3. The first-order valence-electron chi connectivity index (χ1n) is 7.83. The van der Waals surface area contributed by atoms with E-state index in [2.05, 4.69) is 15.4 Å². The van der Waals surface area contributed by atoms with Crippen LogP contribution >= 0.6 is 0 Å².